The van der Waals surface area contributed by atoms with E-state index in [0.29, 0.717) is 28.4 Å². The normalized spacial score (nSPS) is 10.1. The molecule has 3 rings (SSSR count). The van der Waals surface area contributed by atoms with Crippen molar-refractivity contribution >= 4 is 17.0 Å². The second-order valence-corrected chi connectivity index (χ2v) is 4.55. The van der Waals surface area contributed by atoms with Gasteiger partial charge in [0.05, 0.1) is 6.61 Å². The van der Waals surface area contributed by atoms with Gasteiger partial charge in [-0.05, 0) is 18.2 Å². The molecule has 1 aromatic carbocycles. The highest BCUT2D eigenvalue weighted by Crippen LogP contribution is 2.34. The van der Waals surface area contributed by atoms with Gasteiger partial charge in [-0.2, -0.15) is 10.5 Å². The van der Waals surface area contributed by atoms with Crippen LogP contribution in [0.5, 0.6) is 0 Å². The molecule has 0 spiro atoms. The lowest BCUT2D eigenvalue weighted by molar-refractivity contribution is 0.282. The Morgan fingerprint density at radius 1 is 1.09 bits per heavy atom. The molecule has 0 saturated carbocycles. The highest BCUT2D eigenvalue weighted by molar-refractivity contribution is 5.87. The minimum Gasteiger partial charge on any atom is -0.453 e. The lowest BCUT2D eigenvalue weighted by atomic mass is 10.1. The molecule has 3 aromatic rings. The summed E-state index contributed by atoms with van der Waals surface area (Å²) in [7, 11) is 0. The summed E-state index contributed by atoms with van der Waals surface area (Å²) in [5.41, 5.74) is 1.25. The smallest absolute Gasteiger partial charge is 0.176 e. The maximum absolute atomic E-state index is 9.60. The van der Waals surface area contributed by atoms with Crippen molar-refractivity contribution in [3.8, 4) is 23.7 Å². The monoisotopic (exact) mass is 290 g/mol. The Bertz CT molecular complexity index is 932. The molecule has 0 radical (unpaired) electrons. The average Bonchev–Trinajstić information content (AvgIpc) is 3.16. The van der Waals surface area contributed by atoms with Crippen LogP contribution >= 0.6 is 0 Å². The van der Waals surface area contributed by atoms with E-state index in [1.807, 2.05) is 24.3 Å². The van der Waals surface area contributed by atoms with Crippen molar-refractivity contribution in [2.24, 2.45) is 0 Å². The van der Waals surface area contributed by atoms with Gasteiger partial charge in [-0.1, -0.05) is 18.2 Å². The van der Waals surface area contributed by atoms with Gasteiger partial charge in [0, 0.05) is 17.0 Å². The molecule has 0 aliphatic rings. The fourth-order valence-electron chi connectivity index (χ4n) is 2.24. The van der Waals surface area contributed by atoms with Crippen molar-refractivity contribution in [3.05, 3.63) is 53.3 Å². The second-order valence-electron chi connectivity index (χ2n) is 4.55. The SMILES string of the molecule is N#CC(C#N)=Cc1ccc(-c2oc3ccccc3c2CO)o1. The number of para-hydroxylation sites is 1. The fourth-order valence-corrected chi connectivity index (χ4v) is 2.24. The molecule has 5 nitrogen and oxygen atoms in total. The van der Waals surface area contributed by atoms with Crippen LogP contribution in [-0.4, -0.2) is 5.11 Å². The van der Waals surface area contributed by atoms with Crippen LogP contribution in [0.2, 0.25) is 0 Å². The van der Waals surface area contributed by atoms with Crippen LogP contribution in [-0.2, 0) is 6.61 Å². The van der Waals surface area contributed by atoms with Crippen molar-refractivity contribution in [2.75, 3.05) is 0 Å². The first-order chi connectivity index (χ1) is 10.8. The van der Waals surface area contributed by atoms with E-state index in [9.17, 15) is 5.11 Å². The Morgan fingerprint density at radius 3 is 2.59 bits per heavy atom. The molecule has 0 aliphatic carbocycles. The number of benzene rings is 1. The van der Waals surface area contributed by atoms with E-state index in [1.54, 1.807) is 24.3 Å². The summed E-state index contributed by atoms with van der Waals surface area (Å²) in [6, 6.07) is 14.2. The molecular weight excluding hydrogens is 280 g/mol. The van der Waals surface area contributed by atoms with Gasteiger partial charge < -0.3 is 13.9 Å². The van der Waals surface area contributed by atoms with Gasteiger partial charge in [-0.3, -0.25) is 0 Å². The number of nitriles is 2. The van der Waals surface area contributed by atoms with E-state index >= 15 is 0 Å². The van der Waals surface area contributed by atoms with Gasteiger partial charge in [0.2, 0.25) is 0 Å². The van der Waals surface area contributed by atoms with Gasteiger partial charge in [0.25, 0.3) is 0 Å². The number of aliphatic hydroxyl groups is 1. The first-order valence-electron chi connectivity index (χ1n) is 6.50. The third-order valence-corrected chi connectivity index (χ3v) is 3.23. The van der Waals surface area contributed by atoms with Crippen molar-refractivity contribution in [3.63, 3.8) is 0 Å². The number of hydrogen-bond acceptors (Lipinski definition) is 5. The maximum atomic E-state index is 9.60. The third kappa shape index (κ3) is 2.26. The quantitative estimate of drug-likeness (QED) is 0.743. The largest absolute Gasteiger partial charge is 0.453 e. The van der Waals surface area contributed by atoms with E-state index in [2.05, 4.69) is 0 Å². The minimum absolute atomic E-state index is 0.0483. The molecule has 0 aliphatic heterocycles. The molecule has 22 heavy (non-hydrogen) atoms. The Morgan fingerprint density at radius 2 is 1.86 bits per heavy atom. The van der Waals surface area contributed by atoms with Gasteiger partial charge in [-0.25, -0.2) is 0 Å². The van der Waals surface area contributed by atoms with E-state index in [-0.39, 0.29) is 12.2 Å². The summed E-state index contributed by atoms with van der Waals surface area (Å²) < 4.78 is 11.3. The molecule has 2 heterocycles. The molecule has 0 amide bonds. The van der Waals surface area contributed by atoms with Crippen molar-refractivity contribution in [2.45, 2.75) is 6.61 Å². The van der Waals surface area contributed by atoms with Crippen LogP contribution in [0.15, 0.2) is 50.8 Å². The van der Waals surface area contributed by atoms with Crippen LogP contribution in [0.1, 0.15) is 11.3 Å². The van der Waals surface area contributed by atoms with E-state index < -0.39 is 0 Å². The Kier molecular flexibility index (Phi) is 3.49. The molecule has 106 valence electrons. The van der Waals surface area contributed by atoms with E-state index in [1.165, 1.54) is 6.08 Å². The Hall–Kier alpha value is -3.28. The van der Waals surface area contributed by atoms with Crippen molar-refractivity contribution < 1.29 is 13.9 Å². The summed E-state index contributed by atoms with van der Waals surface area (Å²) in [6.45, 7) is -0.181. The lowest BCUT2D eigenvalue weighted by Gasteiger charge is -1.95. The molecule has 0 atom stereocenters. The summed E-state index contributed by atoms with van der Waals surface area (Å²) in [5, 5.41) is 27.9. The van der Waals surface area contributed by atoms with Crippen LogP contribution in [0.25, 0.3) is 28.6 Å². The first-order valence-corrected chi connectivity index (χ1v) is 6.50. The predicted molar refractivity (Wildman–Crippen MR) is 79.0 cm³/mol. The van der Waals surface area contributed by atoms with Crippen molar-refractivity contribution in [1.29, 1.82) is 10.5 Å². The topological polar surface area (TPSA) is 94.1 Å². The van der Waals surface area contributed by atoms with E-state index in [0.717, 1.165) is 5.39 Å². The highest BCUT2D eigenvalue weighted by atomic mass is 16.4. The molecular formula is C17H10N2O3. The van der Waals surface area contributed by atoms with Crippen molar-refractivity contribution in [1.82, 2.24) is 0 Å². The number of hydrogen-bond donors (Lipinski definition) is 1. The number of aliphatic hydroxyl groups excluding tert-OH is 1. The Labute approximate surface area is 125 Å². The zero-order chi connectivity index (χ0) is 15.5. The van der Waals surface area contributed by atoms with Crippen LogP contribution in [0, 0.1) is 22.7 Å². The molecule has 5 heteroatoms. The number of rotatable bonds is 3. The second kappa shape index (κ2) is 5.61. The third-order valence-electron chi connectivity index (χ3n) is 3.23. The average molecular weight is 290 g/mol. The minimum atomic E-state index is -0.181. The van der Waals surface area contributed by atoms with Gasteiger partial charge in [0.15, 0.2) is 11.5 Å². The number of fused-ring (bicyclic) bond motifs is 1. The molecule has 0 fully saturated rings. The van der Waals surface area contributed by atoms with Gasteiger partial charge in [-0.15, -0.1) is 0 Å². The number of furan rings is 2. The first kappa shape index (κ1) is 13.7. The zero-order valence-corrected chi connectivity index (χ0v) is 11.4. The highest BCUT2D eigenvalue weighted by Gasteiger charge is 2.17. The standard InChI is InChI=1S/C17H10N2O3/c18-8-11(9-19)7-12-5-6-16(21-12)17-14(10-20)13-3-1-2-4-15(13)22-17/h1-7,20H,10H2. The summed E-state index contributed by atoms with van der Waals surface area (Å²) in [5.74, 6) is 1.25. The Balaban J connectivity index is 2.10. The predicted octanol–water partition coefficient (Wildman–Crippen LogP) is 3.62. The molecule has 0 bridgehead atoms. The maximum Gasteiger partial charge on any atom is 0.176 e. The lowest BCUT2D eigenvalue weighted by Crippen LogP contribution is -1.83. The number of nitrogens with zero attached hydrogens (tertiary/aromatic N) is 2. The molecule has 2 aromatic heterocycles. The summed E-state index contributed by atoms with van der Waals surface area (Å²) >= 11 is 0. The van der Waals surface area contributed by atoms with Crippen LogP contribution in [0.3, 0.4) is 0 Å². The summed E-state index contributed by atoms with van der Waals surface area (Å²) in [4.78, 5) is 0. The van der Waals surface area contributed by atoms with Gasteiger partial charge in [0.1, 0.15) is 29.1 Å². The van der Waals surface area contributed by atoms with E-state index in [4.69, 9.17) is 19.4 Å². The van der Waals surface area contributed by atoms with Crippen LogP contribution in [0.4, 0.5) is 0 Å². The zero-order valence-electron chi connectivity index (χ0n) is 11.4. The number of allylic oxidation sites excluding steroid dienone is 1. The molecule has 0 saturated heterocycles. The molecule has 0 unspecified atom stereocenters. The van der Waals surface area contributed by atoms with Crippen LogP contribution < -0.4 is 0 Å². The molecule has 1 N–H and O–H groups in total. The van der Waals surface area contributed by atoms with Gasteiger partial charge >= 0.3 is 0 Å². The summed E-state index contributed by atoms with van der Waals surface area (Å²) in [6.07, 6.45) is 1.35. The fraction of sp³-hybridized carbons (Fsp3) is 0.0588.